The highest BCUT2D eigenvalue weighted by atomic mass is 32.2. The molecule has 1 aliphatic heterocycles. The van der Waals surface area contributed by atoms with E-state index in [0.717, 1.165) is 16.9 Å². The first-order valence-electron chi connectivity index (χ1n) is 6.29. The number of aliphatic hydroxyl groups is 1. The minimum Gasteiger partial charge on any atom is -0.392 e. The fourth-order valence-corrected chi connectivity index (χ4v) is 4.92. The molecule has 1 N–H and O–H groups in total. The number of benzene rings is 1. The molecular weight excluding hydrogens is 282 g/mol. The summed E-state index contributed by atoms with van der Waals surface area (Å²) in [6.45, 7) is 3.24. The Morgan fingerprint density at radius 1 is 1.32 bits per heavy atom. The van der Waals surface area contributed by atoms with E-state index in [1.807, 2.05) is 11.8 Å². The Hall–Kier alpha value is -0.560. The number of thioether (sulfide) groups is 1. The van der Waals surface area contributed by atoms with Gasteiger partial charge < -0.3 is 5.11 Å². The van der Waals surface area contributed by atoms with Gasteiger partial charge in [0.15, 0.2) is 0 Å². The Morgan fingerprint density at radius 3 is 2.53 bits per heavy atom. The Morgan fingerprint density at radius 2 is 1.95 bits per heavy atom. The lowest BCUT2D eigenvalue weighted by atomic mass is 10.2. The Balaban J connectivity index is 2.07. The summed E-state index contributed by atoms with van der Waals surface area (Å²) in [5.74, 6) is 0.903. The van der Waals surface area contributed by atoms with Gasteiger partial charge in [-0.25, -0.2) is 8.42 Å². The van der Waals surface area contributed by atoms with E-state index in [9.17, 15) is 8.42 Å². The van der Waals surface area contributed by atoms with Crippen LogP contribution in [0.5, 0.6) is 0 Å². The summed E-state index contributed by atoms with van der Waals surface area (Å²) in [6.07, 6.45) is 0. The highest BCUT2D eigenvalue weighted by Crippen LogP contribution is 2.22. The fraction of sp³-hybridized carbons (Fsp3) is 0.538. The lowest BCUT2D eigenvalue weighted by Gasteiger charge is -2.29. The predicted octanol–water partition coefficient (Wildman–Crippen LogP) is 1.45. The van der Waals surface area contributed by atoms with Crippen LogP contribution in [0.4, 0.5) is 0 Å². The average molecular weight is 301 g/mol. The van der Waals surface area contributed by atoms with Gasteiger partial charge >= 0.3 is 0 Å². The van der Waals surface area contributed by atoms with Crippen LogP contribution in [0.2, 0.25) is 0 Å². The van der Waals surface area contributed by atoms with Crippen molar-refractivity contribution in [2.75, 3.05) is 18.8 Å². The second-order valence-corrected chi connectivity index (χ2v) is 8.29. The largest absolute Gasteiger partial charge is 0.392 e. The van der Waals surface area contributed by atoms with Crippen LogP contribution in [0.3, 0.4) is 0 Å². The molecule has 106 valence electrons. The fourth-order valence-electron chi connectivity index (χ4n) is 2.08. The molecule has 1 unspecified atom stereocenters. The molecule has 2 rings (SSSR count). The second kappa shape index (κ2) is 6.26. The summed E-state index contributed by atoms with van der Waals surface area (Å²) in [4.78, 5) is 0. The molecule has 0 amide bonds. The zero-order valence-electron chi connectivity index (χ0n) is 10.9. The molecule has 4 nitrogen and oxygen atoms in total. The average Bonchev–Trinajstić information content (AvgIpc) is 2.39. The minimum atomic E-state index is -3.23. The summed E-state index contributed by atoms with van der Waals surface area (Å²) < 4.78 is 26.2. The lowest BCUT2D eigenvalue weighted by molar-refractivity contribution is 0.282. The van der Waals surface area contributed by atoms with Gasteiger partial charge in [0.2, 0.25) is 10.0 Å². The van der Waals surface area contributed by atoms with E-state index in [2.05, 4.69) is 6.92 Å². The summed E-state index contributed by atoms with van der Waals surface area (Å²) in [6, 6.07) is 7.07. The first-order valence-corrected chi connectivity index (χ1v) is 8.95. The quantitative estimate of drug-likeness (QED) is 0.914. The zero-order valence-corrected chi connectivity index (χ0v) is 12.6. The van der Waals surface area contributed by atoms with Crippen LogP contribution in [-0.4, -0.2) is 41.9 Å². The number of hydrogen-bond donors (Lipinski definition) is 1. The summed E-state index contributed by atoms with van der Waals surface area (Å²) in [7, 11) is -3.23. The highest BCUT2D eigenvalue weighted by molar-refractivity contribution is 8.00. The molecule has 0 aliphatic carbocycles. The van der Waals surface area contributed by atoms with Gasteiger partial charge in [0.1, 0.15) is 0 Å². The van der Waals surface area contributed by atoms with Crippen molar-refractivity contribution in [3.05, 3.63) is 35.4 Å². The van der Waals surface area contributed by atoms with Crippen LogP contribution in [0, 0.1) is 0 Å². The normalized spacial score (nSPS) is 21.5. The van der Waals surface area contributed by atoms with Gasteiger partial charge in [-0.2, -0.15) is 16.1 Å². The molecular formula is C13H19NO3S2. The van der Waals surface area contributed by atoms with Crippen LogP contribution < -0.4 is 0 Å². The van der Waals surface area contributed by atoms with Gasteiger partial charge in [-0.15, -0.1) is 0 Å². The minimum absolute atomic E-state index is 0.0199. The molecule has 1 saturated heterocycles. The summed E-state index contributed by atoms with van der Waals surface area (Å²) >= 11 is 1.82. The van der Waals surface area contributed by atoms with E-state index in [1.54, 1.807) is 28.6 Å². The first kappa shape index (κ1) is 14.8. The van der Waals surface area contributed by atoms with Crippen LogP contribution in [0.25, 0.3) is 0 Å². The smallest absolute Gasteiger partial charge is 0.218 e. The van der Waals surface area contributed by atoms with Crippen LogP contribution in [0.15, 0.2) is 24.3 Å². The van der Waals surface area contributed by atoms with E-state index in [4.69, 9.17) is 5.11 Å². The number of aliphatic hydroxyl groups excluding tert-OH is 1. The van der Waals surface area contributed by atoms with Crippen molar-refractivity contribution in [3.8, 4) is 0 Å². The van der Waals surface area contributed by atoms with Crippen molar-refractivity contribution in [1.29, 1.82) is 0 Å². The third-order valence-electron chi connectivity index (χ3n) is 3.15. The van der Waals surface area contributed by atoms with E-state index in [0.29, 0.717) is 18.3 Å². The Bertz CT molecular complexity index is 513. The SMILES string of the molecule is CC1CN(S(=O)(=O)Cc2ccc(CO)cc2)CCS1. The van der Waals surface area contributed by atoms with E-state index in [-0.39, 0.29) is 12.4 Å². The molecule has 19 heavy (non-hydrogen) atoms. The molecule has 0 radical (unpaired) electrons. The van der Waals surface area contributed by atoms with Gasteiger partial charge in [-0.05, 0) is 11.1 Å². The molecule has 1 heterocycles. The molecule has 0 bridgehead atoms. The third-order valence-corrected chi connectivity index (χ3v) is 6.10. The molecule has 0 spiro atoms. The van der Waals surface area contributed by atoms with E-state index in [1.165, 1.54) is 0 Å². The molecule has 1 aromatic rings. The number of hydrogen-bond acceptors (Lipinski definition) is 4. The topological polar surface area (TPSA) is 57.6 Å². The van der Waals surface area contributed by atoms with Crippen LogP contribution in [-0.2, 0) is 22.4 Å². The van der Waals surface area contributed by atoms with Crippen LogP contribution >= 0.6 is 11.8 Å². The Kier molecular flexibility index (Phi) is 4.89. The molecule has 1 aromatic carbocycles. The molecule has 6 heteroatoms. The van der Waals surface area contributed by atoms with Crippen LogP contribution in [0.1, 0.15) is 18.1 Å². The zero-order chi connectivity index (χ0) is 13.9. The van der Waals surface area contributed by atoms with E-state index >= 15 is 0 Å². The maximum absolute atomic E-state index is 12.3. The molecule has 1 aliphatic rings. The summed E-state index contributed by atoms with van der Waals surface area (Å²) in [5, 5.41) is 9.33. The summed E-state index contributed by atoms with van der Waals surface area (Å²) in [5.41, 5.74) is 1.56. The number of sulfonamides is 1. The van der Waals surface area contributed by atoms with Crippen molar-refractivity contribution in [2.45, 2.75) is 24.5 Å². The highest BCUT2D eigenvalue weighted by Gasteiger charge is 2.27. The molecule has 1 atom stereocenters. The predicted molar refractivity (Wildman–Crippen MR) is 78.5 cm³/mol. The maximum atomic E-state index is 12.3. The van der Waals surface area contributed by atoms with Gasteiger partial charge in [-0.3, -0.25) is 0 Å². The van der Waals surface area contributed by atoms with Crippen molar-refractivity contribution in [1.82, 2.24) is 4.31 Å². The van der Waals surface area contributed by atoms with Crippen molar-refractivity contribution in [3.63, 3.8) is 0 Å². The van der Waals surface area contributed by atoms with Crippen molar-refractivity contribution < 1.29 is 13.5 Å². The van der Waals surface area contributed by atoms with Gasteiger partial charge in [0.05, 0.1) is 12.4 Å². The lowest BCUT2D eigenvalue weighted by Crippen LogP contribution is -2.41. The number of rotatable bonds is 4. The standard InChI is InChI=1S/C13H19NO3S2/c1-11-8-14(6-7-18-11)19(16,17)10-13-4-2-12(9-15)3-5-13/h2-5,11,15H,6-10H2,1H3. The second-order valence-electron chi connectivity index (χ2n) is 4.77. The first-order chi connectivity index (χ1) is 9.01. The molecule has 1 fully saturated rings. The van der Waals surface area contributed by atoms with Crippen molar-refractivity contribution >= 4 is 21.8 Å². The maximum Gasteiger partial charge on any atom is 0.218 e. The van der Waals surface area contributed by atoms with Gasteiger partial charge in [0, 0.05) is 24.1 Å². The monoisotopic (exact) mass is 301 g/mol. The molecule has 0 aromatic heterocycles. The van der Waals surface area contributed by atoms with Gasteiger partial charge in [-0.1, -0.05) is 31.2 Å². The number of nitrogens with zero attached hydrogens (tertiary/aromatic N) is 1. The molecule has 0 saturated carbocycles. The van der Waals surface area contributed by atoms with E-state index < -0.39 is 10.0 Å². The third kappa shape index (κ3) is 3.95. The van der Waals surface area contributed by atoms with Gasteiger partial charge in [0.25, 0.3) is 0 Å². The Labute approximate surface area is 118 Å². The van der Waals surface area contributed by atoms with Crippen molar-refractivity contribution in [2.24, 2.45) is 0 Å².